The zero-order valence-corrected chi connectivity index (χ0v) is 31.4. The molecule has 274 valence electrons. The van der Waals surface area contributed by atoms with Crippen LogP contribution in [0.25, 0.3) is 0 Å². The first-order chi connectivity index (χ1) is 23.2. The van der Waals surface area contributed by atoms with E-state index in [0.717, 1.165) is 25.8 Å². The number of carbonyl (C=O) groups is 1. The van der Waals surface area contributed by atoms with Crippen molar-refractivity contribution in [3.63, 3.8) is 0 Å². The molecule has 3 N–H and O–H groups in total. The number of aromatic nitrogens is 3. The normalized spacial score (nSPS) is 11.3. The highest BCUT2D eigenvalue weighted by atomic mass is 16.2. The number of carbonyl (C=O) groups excluding carboxylic acids is 1. The number of nitrogens with one attached hydrogen (secondary N) is 1. The topological polar surface area (TPSA) is 97.0 Å². The fourth-order valence-electron chi connectivity index (χ4n) is 6.50. The molecular weight excluding hydrogens is 580 g/mol. The SMILES string of the molecule is CCCCCCCCCCCCCCCCCCNc1ncnc(N(CCCCCCCCCCCCCCCCCC)C(N)=O)n1. The lowest BCUT2D eigenvalue weighted by Gasteiger charge is -2.18. The van der Waals surface area contributed by atoms with Crippen molar-refractivity contribution >= 4 is 17.9 Å². The van der Waals surface area contributed by atoms with Crippen LogP contribution in [-0.4, -0.2) is 34.1 Å². The lowest BCUT2D eigenvalue weighted by atomic mass is 10.0. The average Bonchev–Trinajstić information content (AvgIpc) is 3.07. The molecule has 47 heavy (non-hydrogen) atoms. The molecule has 0 aliphatic rings. The summed E-state index contributed by atoms with van der Waals surface area (Å²) in [6, 6.07) is -0.499. The lowest BCUT2D eigenvalue weighted by molar-refractivity contribution is 0.253. The van der Waals surface area contributed by atoms with E-state index in [4.69, 9.17) is 5.73 Å². The van der Waals surface area contributed by atoms with E-state index in [0.29, 0.717) is 18.4 Å². The van der Waals surface area contributed by atoms with Crippen molar-refractivity contribution in [2.75, 3.05) is 23.3 Å². The standard InChI is InChI=1S/C40H78N6O/c1-3-5-7-9-11-13-15-17-19-21-23-25-27-29-31-33-35-42-39-43-37-44-40(45-39)46(38(41)47)36-34-32-30-28-26-24-22-20-18-16-14-12-10-8-6-4-2/h37H,3-36H2,1-2H3,(H2,41,47)(H,42,43,44,45). The lowest BCUT2D eigenvalue weighted by Crippen LogP contribution is -2.38. The first-order valence-electron chi connectivity index (χ1n) is 20.7. The largest absolute Gasteiger partial charge is 0.354 e. The number of hydrogen-bond donors (Lipinski definition) is 2. The second-order valence-electron chi connectivity index (χ2n) is 14.1. The van der Waals surface area contributed by atoms with Gasteiger partial charge in [-0.3, -0.25) is 4.90 Å². The number of nitrogens with two attached hydrogens (primary N) is 1. The quantitative estimate of drug-likeness (QED) is 0.0699. The minimum Gasteiger partial charge on any atom is -0.354 e. The third-order valence-corrected chi connectivity index (χ3v) is 9.62. The molecule has 1 aromatic rings. The maximum absolute atomic E-state index is 12.2. The smallest absolute Gasteiger partial charge is 0.321 e. The molecule has 2 amide bonds. The molecule has 0 atom stereocenters. The van der Waals surface area contributed by atoms with Gasteiger partial charge in [-0.2, -0.15) is 4.98 Å². The summed E-state index contributed by atoms with van der Waals surface area (Å²) < 4.78 is 0. The van der Waals surface area contributed by atoms with Crippen LogP contribution in [0.2, 0.25) is 0 Å². The van der Waals surface area contributed by atoms with E-state index in [2.05, 4.69) is 34.1 Å². The van der Waals surface area contributed by atoms with E-state index in [1.165, 1.54) is 197 Å². The van der Waals surface area contributed by atoms with Crippen LogP contribution in [0.1, 0.15) is 219 Å². The van der Waals surface area contributed by atoms with Crippen LogP contribution in [0, 0.1) is 0 Å². The van der Waals surface area contributed by atoms with Gasteiger partial charge < -0.3 is 11.1 Å². The van der Waals surface area contributed by atoms with Crippen molar-refractivity contribution in [1.82, 2.24) is 15.0 Å². The Balaban J connectivity index is 2.02. The Labute approximate surface area is 291 Å². The van der Waals surface area contributed by atoms with Crippen molar-refractivity contribution < 1.29 is 4.79 Å². The maximum Gasteiger partial charge on any atom is 0.321 e. The van der Waals surface area contributed by atoms with E-state index < -0.39 is 6.03 Å². The van der Waals surface area contributed by atoms with Gasteiger partial charge in [-0.05, 0) is 12.8 Å². The zero-order chi connectivity index (χ0) is 33.9. The van der Waals surface area contributed by atoms with Crippen LogP contribution in [0.4, 0.5) is 16.7 Å². The van der Waals surface area contributed by atoms with Gasteiger partial charge in [0.15, 0.2) is 0 Å². The molecule has 0 bridgehead atoms. The van der Waals surface area contributed by atoms with Crippen LogP contribution < -0.4 is 16.0 Å². The molecule has 0 fully saturated rings. The molecule has 0 aliphatic heterocycles. The van der Waals surface area contributed by atoms with Gasteiger partial charge in [0.25, 0.3) is 0 Å². The second kappa shape index (κ2) is 34.0. The number of urea groups is 1. The van der Waals surface area contributed by atoms with Crippen molar-refractivity contribution in [3.05, 3.63) is 6.33 Å². The number of unbranched alkanes of at least 4 members (excludes halogenated alkanes) is 30. The average molecular weight is 659 g/mol. The predicted molar refractivity (Wildman–Crippen MR) is 204 cm³/mol. The minimum absolute atomic E-state index is 0.350. The Morgan fingerprint density at radius 2 is 0.872 bits per heavy atom. The van der Waals surface area contributed by atoms with E-state index >= 15 is 0 Å². The highest BCUT2D eigenvalue weighted by molar-refractivity contribution is 5.88. The maximum atomic E-state index is 12.2. The van der Waals surface area contributed by atoms with Crippen LogP contribution in [0.3, 0.4) is 0 Å². The molecule has 7 nitrogen and oxygen atoms in total. The molecule has 1 heterocycles. The van der Waals surface area contributed by atoms with Crippen molar-refractivity contribution in [3.8, 4) is 0 Å². The van der Waals surface area contributed by atoms with Gasteiger partial charge in [0.1, 0.15) is 6.33 Å². The van der Waals surface area contributed by atoms with Gasteiger partial charge in [0.2, 0.25) is 11.9 Å². The molecule has 1 aromatic heterocycles. The van der Waals surface area contributed by atoms with Gasteiger partial charge in [0.05, 0.1) is 0 Å². The molecule has 0 unspecified atom stereocenters. The van der Waals surface area contributed by atoms with E-state index in [-0.39, 0.29) is 0 Å². The minimum atomic E-state index is -0.499. The monoisotopic (exact) mass is 659 g/mol. The Morgan fingerprint density at radius 1 is 0.532 bits per heavy atom. The summed E-state index contributed by atoms with van der Waals surface area (Å²) in [6.07, 6.45) is 44.5. The van der Waals surface area contributed by atoms with Gasteiger partial charge in [-0.1, -0.05) is 206 Å². The Bertz CT molecular complexity index is 807. The molecule has 0 radical (unpaired) electrons. The number of amides is 2. The zero-order valence-electron chi connectivity index (χ0n) is 31.4. The first kappa shape index (κ1) is 43.1. The third-order valence-electron chi connectivity index (χ3n) is 9.62. The summed E-state index contributed by atoms with van der Waals surface area (Å²) in [5.74, 6) is 0.872. The summed E-state index contributed by atoms with van der Waals surface area (Å²) in [5, 5.41) is 3.31. The Hall–Kier alpha value is -1.92. The van der Waals surface area contributed by atoms with E-state index in [1.807, 2.05) is 0 Å². The number of rotatable bonds is 36. The first-order valence-corrected chi connectivity index (χ1v) is 20.7. The third kappa shape index (κ3) is 27.7. The molecule has 0 aliphatic carbocycles. The molecule has 1 rings (SSSR count). The Kier molecular flexibility index (Phi) is 31.1. The van der Waals surface area contributed by atoms with Crippen LogP contribution >= 0.6 is 0 Å². The fraction of sp³-hybridized carbons (Fsp3) is 0.900. The fourth-order valence-corrected chi connectivity index (χ4v) is 6.50. The molecular formula is C40H78N6O. The summed E-state index contributed by atoms with van der Waals surface area (Å²) in [6.45, 7) is 5.95. The Morgan fingerprint density at radius 3 is 1.23 bits per heavy atom. The highest BCUT2D eigenvalue weighted by Gasteiger charge is 2.16. The number of hydrogen-bond acceptors (Lipinski definition) is 5. The highest BCUT2D eigenvalue weighted by Crippen LogP contribution is 2.16. The van der Waals surface area contributed by atoms with Gasteiger partial charge in [0, 0.05) is 13.1 Å². The van der Waals surface area contributed by atoms with Crippen LogP contribution in [-0.2, 0) is 0 Å². The second-order valence-corrected chi connectivity index (χ2v) is 14.1. The summed E-state index contributed by atoms with van der Waals surface area (Å²) in [4.78, 5) is 26.6. The predicted octanol–water partition coefficient (Wildman–Crippen LogP) is 12.7. The number of anilines is 2. The van der Waals surface area contributed by atoms with Gasteiger partial charge in [-0.15, -0.1) is 0 Å². The molecule has 0 spiro atoms. The molecule has 0 saturated carbocycles. The van der Waals surface area contributed by atoms with Gasteiger partial charge in [-0.25, -0.2) is 14.8 Å². The van der Waals surface area contributed by atoms with Gasteiger partial charge >= 0.3 is 6.03 Å². The van der Waals surface area contributed by atoms with Crippen LogP contribution in [0.15, 0.2) is 6.33 Å². The molecule has 0 saturated heterocycles. The summed E-state index contributed by atoms with van der Waals surface area (Å²) >= 11 is 0. The molecule has 7 heteroatoms. The van der Waals surface area contributed by atoms with Crippen LogP contribution in [0.5, 0.6) is 0 Å². The molecule has 0 aromatic carbocycles. The number of nitrogens with zero attached hydrogens (tertiary/aromatic N) is 4. The van der Waals surface area contributed by atoms with Crippen molar-refractivity contribution in [2.24, 2.45) is 5.73 Å². The summed E-state index contributed by atoms with van der Waals surface area (Å²) in [7, 11) is 0. The van der Waals surface area contributed by atoms with E-state index in [9.17, 15) is 4.79 Å². The van der Waals surface area contributed by atoms with Crippen molar-refractivity contribution in [2.45, 2.75) is 219 Å². The van der Waals surface area contributed by atoms with E-state index in [1.54, 1.807) is 0 Å². The van der Waals surface area contributed by atoms with Crippen molar-refractivity contribution in [1.29, 1.82) is 0 Å². The summed E-state index contributed by atoms with van der Waals surface area (Å²) in [5.41, 5.74) is 5.70. The number of primary amides is 1.